The second-order valence-corrected chi connectivity index (χ2v) is 1.82. The zero-order chi connectivity index (χ0) is 10.7. The fraction of sp³-hybridized carbons (Fsp3) is 0.375. The summed E-state index contributed by atoms with van der Waals surface area (Å²) in [6.07, 6.45) is 1.22. The summed E-state index contributed by atoms with van der Waals surface area (Å²) in [4.78, 5) is 29.4. The lowest BCUT2D eigenvalue weighted by molar-refractivity contribution is -0.127. The first kappa shape index (κ1) is 14.1. The molecule has 0 heterocycles. The number of carbonyl (C=O) groups excluding carboxylic acids is 3. The Labute approximate surface area is 76.5 Å². The number of nitrogens with two attached hydrogens (primary N) is 1. The van der Waals surface area contributed by atoms with Crippen molar-refractivity contribution in [2.75, 3.05) is 13.7 Å². The highest BCUT2D eigenvalue weighted by Crippen LogP contribution is 1.79. The van der Waals surface area contributed by atoms with Crippen LogP contribution in [0, 0.1) is 0 Å². The van der Waals surface area contributed by atoms with Crippen molar-refractivity contribution < 1.29 is 19.1 Å². The summed E-state index contributed by atoms with van der Waals surface area (Å²) < 4.78 is 4.54. The van der Waals surface area contributed by atoms with E-state index in [1.807, 2.05) is 6.92 Å². The summed E-state index contributed by atoms with van der Waals surface area (Å²) in [7, 11) is 1.68. The highest BCUT2D eigenvalue weighted by Gasteiger charge is 1.99. The molecule has 0 aromatic carbocycles. The number of allylic oxidation sites excluding steroid dienone is 2. The van der Waals surface area contributed by atoms with Crippen LogP contribution >= 0.6 is 0 Å². The molecule has 74 valence electrons. The zero-order valence-corrected chi connectivity index (χ0v) is 7.65. The minimum absolute atomic E-state index is 0.0509. The lowest BCUT2D eigenvalue weighted by Crippen LogP contribution is -2.11. The van der Waals surface area contributed by atoms with Crippen LogP contribution in [-0.2, 0) is 19.1 Å². The molecule has 0 aliphatic heterocycles. The summed E-state index contributed by atoms with van der Waals surface area (Å²) in [6.45, 7) is 2.78. The second kappa shape index (κ2) is 10.5. The largest absolute Gasteiger partial charge is 0.395 e. The average molecular weight is 187 g/mol. The molecule has 2 N–H and O–H groups in total. The minimum atomic E-state index is -0.873. The number of ketones is 1. The highest BCUT2D eigenvalue weighted by atomic mass is 16.5. The molecule has 0 spiro atoms. The number of carbonyl (C=O) groups is 3. The van der Waals surface area contributed by atoms with E-state index >= 15 is 0 Å². The van der Waals surface area contributed by atoms with Gasteiger partial charge in [-0.05, 0) is 6.92 Å². The van der Waals surface area contributed by atoms with Crippen molar-refractivity contribution >= 4 is 18.4 Å². The van der Waals surface area contributed by atoms with Gasteiger partial charge in [-0.15, -0.1) is 0 Å². The SMILES string of the molecule is CCOC.N/C(=C\C=O)C(=O)C=O. The molecule has 0 saturated heterocycles. The van der Waals surface area contributed by atoms with Gasteiger partial charge in [-0.3, -0.25) is 14.4 Å². The van der Waals surface area contributed by atoms with Crippen molar-refractivity contribution in [1.82, 2.24) is 0 Å². The van der Waals surface area contributed by atoms with E-state index in [0.717, 1.165) is 12.7 Å². The zero-order valence-electron chi connectivity index (χ0n) is 7.65. The molecule has 0 saturated carbocycles. The van der Waals surface area contributed by atoms with Gasteiger partial charge in [0.1, 0.15) is 6.29 Å². The van der Waals surface area contributed by atoms with E-state index in [0.29, 0.717) is 6.29 Å². The first-order valence-corrected chi connectivity index (χ1v) is 3.53. The molecule has 0 fully saturated rings. The lowest BCUT2D eigenvalue weighted by Gasteiger charge is -1.85. The molecular formula is C8H13NO4. The Morgan fingerprint density at radius 1 is 1.46 bits per heavy atom. The molecule has 5 nitrogen and oxygen atoms in total. The number of hydrogen-bond acceptors (Lipinski definition) is 5. The molecular weight excluding hydrogens is 174 g/mol. The van der Waals surface area contributed by atoms with Crippen LogP contribution in [-0.4, -0.2) is 32.1 Å². The standard InChI is InChI=1S/C5H5NO3.C3H8O/c6-4(1-2-7)5(9)3-8;1-3-4-2/h1-3H,6H2;3H2,1-2H3/b4-1-;. The normalized spacial score (nSPS) is 9.54. The van der Waals surface area contributed by atoms with E-state index in [2.05, 4.69) is 4.74 Å². The summed E-state index contributed by atoms with van der Waals surface area (Å²) in [5.41, 5.74) is 4.55. The molecule has 0 aromatic heterocycles. The molecule has 0 amide bonds. The first-order valence-electron chi connectivity index (χ1n) is 3.53. The summed E-state index contributed by atoms with van der Waals surface area (Å²) in [5.74, 6) is -0.873. The molecule has 5 heteroatoms. The molecule has 0 aromatic rings. The van der Waals surface area contributed by atoms with E-state index in [-0.39, 0.29) is 12.0 Å². The molecule has 0 bridgehead atoms. The second-order valence-electron chi connectivity index (χ2n) is 1.82. The van der Waals surface area contributed by atoms with Crippen LogP contribution in [0.2, 0.25) is 0 Å². The van der Waals surface area contributed by atoms with E-state index in [9.17, 15) is 14.4 Å². The minimum Gasteiger partial charge on any atom is -0.395 e. The maximum Gasteiger partial charge on any atom is 0.241 e. The van der Waals surface area contributed by atoms with Crippen LogP contribution in [0.5, 0.6) is 0 Å². The predicted molar refractivity (Wildman–Crippen MR) is 47.0 cm³/mol. The third kappa shape index (κ3) is 10.5. The number of rotatable bonds is 4. The summed E-state index contributed by atoms with van der Waals surface area (Å²) in [6, 6.07) is 0. The van der Waals surface area contributed by atoms with Crippen LogP contribution < -0.4 is 5.73 Å². The Bertz CT molecular complexity index is 196. The van der Waals surface area contributed by atoms with Gasteiger partial charge in [0.2, 0.25) is 5.78 Å². The van der Waals surface area contributed by atoms with Crippen molar-refractivity contribution in [3.05, 3.63) is 11.8 Å². The first-order chi connectivity index (χ1) is 6.13. The molecule has 0 rings (SSSR count). The summed E-state index contributed by atoms with van der Waals surface area (Å²) >= 11 is 0. The Morgan fingerprint density at radius 3 is 2.15 bits per heavy atom. The number of aldehydes is 2. The van der Waals surface area contributed by atoms with Crippen LogP contribution in [0.1, 0.15) is 6.92 Å². The van der Waals surface area contributed by atoms with Gasteiger partial charge in [-0.1, -0.05) is 0 Å². The van der Waals surface area contributed by atoms with Crippen molar-refractivity contribution in [1.29, 1.82) is 0 Å². The maximum atomic E-state index is 10.2. The fourth-order valence-electron chi connectivity index (χ4n) is 0.223. The Kier molecular flexibility index (Phi) is 11.4. The third-order valence-electron chi connectivity index (χ3n) is 0.928. The van der Waals surface area contributed by atoms with Gasteiger partial charge >= 0.3 is 0 Å². The Hall–Kier alpha value is -1.49. The van der Waals surface area contributed by atoms with E-state index in [4.69, 9.17) is 5.73 Å². The molecule has 0 aliphatic rings. The number of Topliss-reactive ketones (excluding diaryl/α,β-unsaturated/α-hetero) is 1. The van der Waals surface area contributed by atoms with E-state index in [1.54, 1.807) is 7.11 Å². The van der Waals surface area contributed by atoms with Gasteiger partial charge in [0.15, 0.2) is 6.29 Å². The predicted octanol–water partition coefficient (Wildman–Crippen LogP) is -0.551. The highest BCUT2D eigenvalue weighted by molar-refractivity contribution is 6.33. The van der Waals surface area contributed by atoms with Crippen LogP contribution in [0.15, 0.2) is 11.8 Å². The fourth-order valence-corrected chi connectivity index (χ4v) is 0.223. The Morgan fingerprint density at radius 2 is 1.92 bits per heavy atom. The quantitative estimate of drug-likeness (QED) is 0.362. The van der Waals surface area contributed by atoms with Gasteiger partial charge in [-0.2, -0.15) is 0 Å². The van der Waals surface area contributed by atoms with Gasteiger partial charge < -0.3 is 10.5 Å². The molecule has 0 unspecified atom stereocenters. The number of methoxy groups -OCH3 is 1. The average Bonchev–Trinajstić information content (AvgIpc) is 2.17. The van der Waals surface area contributed by atoms with Gasteiger partial charge in [-0.25, -0.2) is 0 Å². The smallest absolute Gasteiger partial charge is 0.241 e. The van der Waals surface area contributed by atoms with Crippen molar-refractivity contribution in [2.45, 2.75) is 6.92 Å². The molecule has 13 heavy (non-hydrogen) atoms. The van der Waals surface area contributed by atoms with Crippen molar-refractivity contribution in [3.63, 3.8) is 0 Å². The van der Waals surface area contributed by atoms with Gasteiger partial charge in [0.25, 0.3) is 0 Å². The van der Waals surface area contributed by atoms with Crippen LogP contribution in [0.25, 0.3) is 0 Å². The topological polar surface area (TPSA) is 86.5 Å². The number of ether oxygens (including phenoxy) is 1. The molecule has 0 atom stereocenters. The third-order valence-corrected chi connectivity index (χ3v) is 0.928. The van der Waals surface area contributed by atoms with E-state index < -0.39 is 5.78 Å². The lowest BCUT2D eigenvalue weighted by atomic mass is 10.3. The molecule has 0 aliphatic carbocycles. The van der Waals surface area contributed by atoms with Crippen molar-refractivity contribution in [2.24, 2.45) is 5.73 Å². The number of hydrogen-bond donors (Lipinski definition) is 1. The maximum absolute atomic E-state index is 10.2. The van der Waals surface area contributed by atoms with Crippen LogP contribution in [0.4, 0.5) is 0 Å². The molecule has 0 radical (unpaired) electrons. The van der Waals surface area contributed by atoms with Gasteiger partial charge in [0.05, 0.1) is 5.70 Å². The van der Waals surface area contributed by atoms with E-state index in [1.165, 1.54) is 0 Å². The van der Waals surface area contributed by atoms with Gasteiger partial charge in [0, 0.05) is 19.8 Å². The Balaban J connectivity index is 0. The summed E-state index contributed by atoms with van der Waals surface area (Å²) in [5, 5.41) is 0. The van der Waals surface area contributed by atoms with Crippen LogP contribution in [0.3, 0.4) is 0 Å². The monoisotopic (exact) mass is 187 g/mol. The van der Waals surface area contributed by atoms with Crippen molar-refractivity contribution in [3.8, 4) is 0 Å².